The minimum atomic E-state index is -4.12. The van der Waals surface area contributed by atoms with E-state index in [1.807, 2.05) is 6.92 Å². The van der Waals surface area contributed by atoms with E-state index in [-0.39, 0.29) is 17.1 Å². The largest absolute Gasteiger partial charge is 0.492 e. The molecule has 0 aliphatic carbocycles. The van der Waals surface area contributed by atoms with Crippen molar-refractivity contribution >= 4 is 16.1 Å². The first-order chi connectivity index (χ1) is 9.85. The number of hydrogen-bond donors (Lipinski definition) is 0. The first-order valence-corrected chi connectivity index (χ1v) is 8.01. The molecule has 1 rings (SSSR count). The van der Waals surface area contributed by atoms with Crippen molar-refractivity contribution in [1.82, 2.24) is 0 Å². The zero-order valence-corrected chi connectivity index (χ0v) is 13.4. The van der Waals surface area contributed by atoms with Crippen LogP contribution in [0.4, 0.5) is 0 Å². The molecule has 0 saturated heterocycles. The third-order valence-electron chi connectivity index (χ3n) is 2.75. The van der Waals surface area contributed by atoms with Gasteiger partial charge in [-0.3, -0.25) is 4.18 Å². The summed E-state index contributed by atoms with van der Waals surface area (Å²) in [5.74, 6) is -0.525. The van der Waals surface area contributed by atoms with Crippen molar-refractivity contribution in [2.45, 2.75) is 38.2 Å². The number of aryl methyl sites for hydroxylation is 1. The Morgan fingerprint density at radius 3 is 2.48 bits per heavy atom. The average Bonchev–Trinajstić information content (AvgIpc) is 2.44. The molecule has 0 fully saturated rings. The van der Waals surface area contributed by atoms with Gasteiger partial charge in [-0.2, -0.15) is 8.42 Å². The minimum absolute atomic E-state index is 0.0997. The molecule has 0 spiro atoms. The Morgan fingerprint density at radius 2 is 1.95 bits per heavy atom. The second-order valence-electron chi connectivity index (χ2n) is 4.35. The van der Waals surface area contributed by atoms with Crippen molar-refractivity contribution in [3.05, 3.63) is 23.8 Å². The molecule has 1 aromatic carbocycles. The Bertz CT molecular complexity index is 593. The van der Waals surface area contributed by atoms with E-state index in [2.05, 4.69) is 4.74 Å². The molecule has 0 aliphatic heterocycles. The molecule has 7 heteroatoms. The van der Waals surface area contributed by atoms with E-state index in [0.29, 0.717) is 6.61 Å². The van der Waals surface area contributed by atoms with E-state index in [4.69, 9.17) is 8.92 Å². The van der Waals surface area contributed by atoms with Crippen LogP contribution in [0.15, 0.2) is 23.1 Å². The molecule has 21 heavy (non-hydrogen) atoms. The number of methoxy groups -OCH3 is 1. The maximum Gasteiger partial charge on any atom is 0.336 e. The third kappa shape index (κ3) is 4.44. The highest BCUT2D eigenvalue weighted by Gasteiger charge is 2.29. The number of benzene rings is 1. The molecule has 0 aliphatic rings. The lowest BCUT2D eigenvalue weighted by atomic mass is 10.2. The summed E-state index contributed by atoms with van der Waals surface area (Å²) in [6.07, 6.45) is -0.988. The van der Waals surface area contributed by atoms with Crippen LogP contribution in [-0.4, -0.2) is 34.2 Å². The smallest absolute Gasteiger partial charge is 0.336 e. The van der Waals surface area contributed by atoms with Crippen LogP contribution in [0, 0.1) is 6.92 Å². The molecule has 0 radical (unpaired) electrons. The summed E-state index contributed by atoms with van der Waals surface area (Å²) in [4.78, 5) is 11.4. The number of ether oxygens (including phenoxy) is 2. The van der Waals surface area contributed by atoms with Gasteiger partial charge in [0.05, 0.1) is 13.7 Å². The zero-order chi connectivity index (χ0) is 16.0. The van der Waals surface area contributed by atoms with E-state index < -0.39 is 22.2 Å². The van der Waals surface area contributed by atoms with Crippen LogP contribution in [0.1, 0.15) is 25.8 Å². The summed E-state index contributed by atoms with van der Waals surface area (Å²) < 4.78 is 39.5. The number of rotatable bonds is 7. The lowest BCUT2D eigenvalue weighted by Crippen LogP contribution is -2.28. The van der Waals surface area contributed by atoms with Gasteiger partial charge in [0.25, 0.3) is 0 Å². The molecule has 1 aromatic rings. The number of carbonyl (C=O) groups excluding carboxylic acids is 1. The molecule has 1 unspecified atom stereocenters. The molecule has 6 nitrogen and oxygen atoms in total. The van der Waals surface area contributed by atoms with Crippen molar-refractivity contribution in [3.8, 4) is 5.75 Å². The molecule has 0 heterocycles. The van der Waals surface area contributed by atoms with Gasteiger partial charge >= 0.3 is 16.1 Å². The van der Waals surface area contributed by atoms with Crippen LogP contribution in [0.25, 0.3) is 0 Å². The van der Waals surface area contributed by atoms with Crippen LogP contribution in [0.5, 0.6) is 5.75 Å². The van der Waals surface area contributed by atoms with Gasteiger partial charge in [0.1, 0.15) is 10.6 Å². The molecular formula is C14H20O6S. The van der Waals surface area contributed by atoms with Crippen LogP contribution in [-0.2, 0) is 23.8 Å². The Balaban J connectivity index is 3.15. The third-order valence-corrected chi connectivity index (χ3v) is 4.11. The highest BCUT2D eigenvalue weighted by molar-refractivity contribution is 7.87. The summed E-state index contributed by atoms with van der Waals surface area (Å²) in [5.41, 5.74) is 0.859. The summed E-state index contributed by atoms with van der Waals surface area (Å²) in [7, 11) is -2.94. The van der Waals surface area contributed by atoms with Crippen molar-refractivity contribution in [2.24, 2.45) is 0 Å². The first kappa shape index (κ1) is 17.5. The highest BCUT2D eigenvalue weighted by atomic mass is 32.2. The maximum atomic E-state index is 12.3. The minimum Gasteiger partial charge on any atom is -0.492 e. The molecular weight excluding hydrogens is 296 g/mol. The standard InChI is InChI=1S/C14H20O6S/c1-5-11(14(15)18-4)20-21(16,17)13-8-7-10(3)9-12(13)19-6-2/h7-9,11H,5-6H2,1-4H3. The lowest BCUT2D eigenvalue weighted by Gasteiger charge is -2.16. The first-order valence-electron chi connectivity index (χ1n) is 6.60. The lowest BCUT2D eigenvalue weighted by molar-refractivity contribution is -0.148. The fourth-order valence-electron chi connectivity index (χ4n) is 1.70. The van der Waals surface area contributed by atoms with Gasteiger partial charge in [0.15, 0.2) is 6.10 Å². The molecule has 0 bridgehead atoms. The quantitative estimate of drug-likeness (QED) is 0.566. The maximum absolute atomic E-state index is 12.3. The Kier molecular flexibility index (Phi) is 6.17. The van der Waals surface area contributed by atoms with Gasteiger partial charge in [0, 0.05) is 0 Å². The van der Waals surface area contributed by atoms with Crippen molar-refractivity contribution < 1.29 is 26.9 Å². The Hall–Kier alpha value is -1.60. The van der Waals surface area contributed by atoms with Crippen molar-refractivity contribution in [3.63, 3.8) is 0 Å². The van der Waals surface area contributed by atoms with Gasteiger partial charge in [-0.05, 0) is 38.0 Å². The topological polar surface area (TPSA) is 78.9 Å². The van der Waals surface area contributed by atoms with E-state index in [1.165, 1.54) is 13.2 Å². The van der Waals surface area contributed by atoms with Crippen molar-refractivity contribution in [1.29, 1.82) is 0 Å². The molecule has 1 atom stereocenters. The SMILES string of the molecule is CCOc1cc(C)ccc1S(=O)(=O)OC(CC)C(=O)OC. The number of hydrogen-bond acceptors (Lipinski definition) is 6. The van der Waals surface area contributed by atoms with E-state index in [1.54, 1.807) is 26.0 Å². The summed E-state index contributed by atoms with van der Waals surface area (Å²) in [6, 6.07) is 4.65. The summed E-state index contributed by atoms with van der Waals surface area (Å²) >= 11 is 0. The molecule has 118 valence electrons. The second-order valence-corrected chi connectivity index (χ2v) is 5.89. The van der Waals surface area contributed by atoms with E-state index >= 15 is 0 Å². The number of esters is 1. The highest BCUT2D eigenvalue weighted by Crippen LogP contribution is 2.28. The monoisotopic (exact) mass is 316 g/mol. The normalized spacial score (nSPS) is 12.8. The zero-order valence-electron chi connectivity index (χ0n) is 12.6. The van der Waals surface area contributed by atoms with Gasteiger partial charge in [-0.1, -0.05) is 13.0 Å². The molecule has 0 saturated carbocycles. The predicted molar refractivity (Wildman–Crippen MR) is 76.7 cm³/mol. The summed E-state index contributed by atoms with van der Waals surface area (Å²) in [5, 5.41) is 0. The molecule has 0 aromatic heterocycles. The Labute approximate surface area is 125 Å². The van der Waals surface area contributed by atoms with E-state index in [0.717, 1.165) is 5.56 Å². The number of carbonyl (C=O) groups is 1. The Morgan fingerprint density at radius 1 is 1.29 bits per heavy atom. The summed E-state index contributed by atoms with van der Waals surface area (Å²) in [6.45, 7) is 5.53. The van der Waals surface area contributed by atoms with Crippen LogP contribution in [0.2, 0.25) is 0 Å². The molecule has 0 N–H and O–H groups in total. The van der Waals surface area contributed by atoms with Gasteiger partial charge in [0.2, 0.25) is 0 Å². The average molecular weight is 316 g/mol. The molecule has 0 amide bonds. The van der Waals surface area contributed by atoms with Crippen LogP contribution in [0.3, 0.4) is 0 Å². The van der Waals surface area contributed by atoms with Gasteiger partial charge in [-0.25, -0.2) is 4.79 Å². The fraction of sp³-hybridized carbons (Fsp3) is 0.500. The predicted octanol–water partition coefficient (Wildman–Crippen LogP) is 2.05. The van der Waals surface area contributed by atoms with Gasteiger partial charge in [-0.15, -0.1) is 0 Å². The van der Waals surface area contributed by atoms with E-state index in [9.17, 15) is 13.2 Å². The van der Waals surface area contributed by atoms with Crippen molar-refractivity contribution in [2.75, 3.05) is 13.7 Å². The second kappa shape index (κ2) is 7.42. The van der Waals surface area contributed by atoms with Crippen LogP contribution >= 0.6 is 0 Å². The fourth-order valence-corrected chi connectivity index (χ4v) is 2.92. The van der Waals surface area contributed by atoms with Crippen LogP contribution < -0.4 is 4.74 Å². The van der Waals surface area contributed by atoms with Gasteiger partial charge < -0.3 is 9.47 Å².